The van der Waals surface area contributed by atoms with Crippen molar-refractivity contribution in [2.45, 2.75) is 12.2 Å². The van der Waals surface area contributed by atoms with Gasteiger partial charge in [-0.15, -0.1) is 0 Å². The van der Waals surface area contributed by atoms with E-state index in [0.717, 1.165) is 0 Å². The number of hydrogen-bond acceptors (Lipinski definition) is 12. The van der Waals surface area contributed by atoms with Crippen LogP contribution in [0.1, 0.15) is 63.7 Å². The van der Waals surface area contributed by atoms with Crippen molar-refractivity contribution in [1.29, 1.82) is 0 Å². The Morgan fingerprint density at radius 1 is 0.521 bits per heavy atom. The molecule has 0 spiro atoms. The number of fused-ring (bicyclic) bond motifs is 4. The number of nitrogens with two attached hydrogens (primary N) is 1. The topological polar surface area (TPSA) is 211 Å². The molecule has 0 aliphatic heterocycles. The number of carbonyl (C=O) groups excluding carboxylic acids is 4. The van der Waals surface area contributed by atoms with Gasteiger partial charge in [-0.3, -0.25) is 19.2 Å². The first-order valence-corrected chi connectivity index (χ1v) is 15.4. The van der Waals surface area contributed by atoms with Crippen LogP contribution >= 0.6 is 0 Å². The maximum absolute atomic E-state index is 13.1. The third kappa shape index (κ3) is 6.74. The molecule has 2 aliphatic rings. The Morgan fingerprint density at radius 2 is 1.00 bits per heavy atom. The molecule has 0 amide bonds. The summed E-state index contributed by atoms with van der Waals surface area (Å²) in [6.07, 6.45) is -2.07. The van der Waals surface area contributed by atoms with Gasteiger partial charge in [-0.05, 0) is 18.2 Å². The van der Waals surface area contributed by atoms with E-state index in [1.165, 1.54) is 6.07 Å². The summed E-state index contributed by atoms with van der Waals surface area (Å²) in [6.45, 7) is 0.0823. The first-order chi connectivity index (χ1) is 23.2. The number of nitrogens with one attached hydrogen (secondary N) is 3. The number of aliphatic hydroxyl groups excluding tert-OH is 4. The Balaban J connectivity index is 0.000000198. The maximum atomic E-state index is 13.1. The van der Waals surface area contributed by atoms with Gasteiger partial charge in [-0.2, -0.15) is 0 Å². The minimum Gasteiger partial charge on any atom is -0.394 e. The first kappa shape index (κ1) is 34.1. The highest BCUT2D eigenvalue weighted by Crippen LogP contribution is 2.37. The Bertz CT molecular complexity index is 1870. The number of carbonyl (C=O) groups is 4. The van der Waals surface area contributed by atoms with Crippen LogP contribution < -0.4 is 21.7 Å². The van der Waals surface area contributed by atoms with Crippen molar-refractivity contribution < 1.29 is 39.6 Å². The molecule has 6 rings (SSSR count). The molecule has 0 aromatic heterocycles. The third-order valence-corrected chi connectivity index (χ3v) is 7.97. The highest BCUT2D eigenvalue weighted by Gasteiger charge is 2.33. The van der Waals surface area contributed by atoms with Crippen molar-refractivity contribution >= 4 is 40.2 Å². The molecule has 12 nitrogen and oxygen atoms in total. The number of benzene rings is 4. The third-order valence-electron chi connectivity index (χ3n) is 7.97. The minimum atomic E-state index is -1.06. The van der Waals surface area contributed by atoms with Gasteiger partial charge in [0, 0.05) is 65.2 Å². The zero-order chi connectivity index (χ0) is 34.4. The zero-order valence-corrected chi connectivity index (χ0v) is 25.9. The SMILES string of the molecule is NCCNc1cccc2c1C(=O)c1ccccc1C2=O.O=C1c2ccccc2C(=O)c2c1ccc(NCC(O)CO)c2NCC(O)CO. The lowest BCUT2D eigenvalue weighted by Gasteiger charge is -2.24. The average Bonchev–Trinajstić information content (AvgIpc) is 3.13. The number of rotatable bonds is 11. The van der Waals surface area contributed by atoms with Crippen LogP contribution in [0.5, 0.6) is 0 Å². The largest absolute Gasteiger partial charge is 0.394 e. The number of aliphatic hydroxyl groups is 4. The van der Waals surface area contributed by atoms with E-state index in [9.17, 15) is 29.4 Å². The molecule has 0 fully saturated rings. The molecule has 0 saturated heterocycles. The van der Waals surface area contributed by atoms with Crippen LogP contribution in [-0.4, -0.2) is 95.2 Å². The van der Waals surface area contributed by atoms with Gasteiger partial charge in [0.25, 0.3) is 0 Å². The standard InChI is InChI=1S/C20H22N2O6.C16H14N2O2/c23-9-11(25)7-21-16-6-5-15-17(18(16)22-8-12(26)10-24)20(28)14-4-2-1-3-13(14)19(15)27;17-8-9-18-13-7-3-6-12-14(13)16(20)11-5-2-1-4-10(11)15(12)19/h1-6,11-12,21-26H,7-10H2;1-7,18H,8-9,17H2. The van der Waals surface area contributed by atoms with E-state index in [0.29, 0.717) is 63.5 Å². The molecule has 9 N–H and O–H groups in total. The molecule has 248 valence electrons. The summed E-state index contributed by atoms with van der Waals surface area (Å²) in [7, 11) is 0. The van der Waals surface area contributed by atoms with Gasteiger partial charge in [0.05, 0.1) is 47.9 Å². The predicted octanol–water partition coefficient (Wildman–Crippen LogP) is 1.82. The summed E-state index contributed by atoms with van der Waals surface area (Å²) in [6, 6.07) is 21.9. The molecule has 2 atom stereocenters. The highest BCUT2D eigenvalue weighted by atomic mass is 16.3. The second-order valence-corrected chi connectivity index (χ2v) is 11.2. The predicted molar refractivity (Wildman–Crippen MR) is 180 cm³/mol. The van der Waals surface area contributed by atoms with Crippen LogP contribution in [0.2, 0.25) is 0 Å². The van der Waals surface area contributed by atoms with Crippen LogP contribution in [0.25, 0.3) is 0 Å². The quantitative estimate of drug-likeness (QED) is 0.101. The average molecular weight is 653 g/mol. The molecule has 4 aromatic carbocycles. The van der Waals surface area contributed by atoms with Crippen molar-refractivity contribution in [1.82, 2.24) is 0 Å². The molecular weight excluding hydrogens is 616 g/mol. The van der Waals surface area contributed by atoms with Gasteiger partial charge in [0.2, 0.25) is 0 Å². The number of anilines is 3. The minimum absolute atomic E-state index is 0.0191. The van der Waals surface area contributed by atoms with Crippen LogP contribution in [0.15, 0.2) is 78.9 Å². The second kappa shape index (κ2) is 15.1. The van der Waals surface area contributed by atoms with Gasteiger partial charge in [0.1, 0.15) is 0 Å². The second-order valence-electron chi connectivity index (χ2n) is 11.2. The van der Waals surface area contributed by atoms with Crippen molar-refractivity contribution in [3.05, 3.63) is 123 Å². The normalized spacial score (nSPS) is 14.0. The molecule has 48 heavy (non-hydrogen) atoms. The molecule has 0 radical (unpaired) electrons. The van der Waals surface area contributed by atoms with E-state index in [4.69, 9.17) is 15.9 Å². The van der Waals surface area contributed by atoms with E-state index >= 15 is 0 Å². The van der Waals surface area contributed by atoms with Gasteiger partial charge >= 0.3 is 0 Å². The van der Waals surface area contributed by atoms with E-state index < -0.39 is 25.4 Å². The Hall–Kier alpha value is -5.24. The zero-order valence-electron chi connectivity index (χ0n) is 25.9. The fraction of sp³-hybridized carbons (Fsp3) is 0.222. The van der Waals surface area contributed by atoms with Crippen molar-refractivity contribution in [2.24, 2.45) is 5.73 Å². The fourth-order valence-corrected chi connectivity index (χ4v) is 5.59. The van der Waals surface area contributed by atoms with E-state index in [-0.39, 0.29) is 47.3 Å². The first-order valence-electron chi connectivity index (χ1n) is 15.4. The van der Waals surface area contributed by atoms with Gasteiger partial charge in [-0.25, -0.2) is 0 Å². The van der Waals surface area contributed by atoms with E-state index in [1.54, 1.807) is 72.8 Å². The molecule has 4 aromatic rings. The van der Waals surface area contributed by atoms with Gasteiger partial charge < -0.3 is 42.1 Å². The van der Waals surface area contributed by atoms with Gasteiger partial charge in [-0.1, -0.05) is 60.7 Å². The molecule has 2 unspecified atom stereocenters. The van der Waals surface area contributed by atoms with Crippen molar-refractivity contribution in [2.75, 3.05) is 55.3 Å². The summed E-state index contributed by atoms with van der Waals surface area (Å²) < 4.78 is 0. The smallest absolute Gasteiger partial charge is 0.196 e. The maximum Gasteiger partial charge on any atom is 0.196 e. The molecule has 12 heteroatoms. The summed E-state index contributed by atoms with van der Waals surface area (Å²) in [5.41, 5.74) is 9.73. The summed E-state index contributed by atoms with van der Waals surface area (Å²) in [4.78, 5) is 51.1. The Labute approximate surface area is 276 Å². The van der Waals surface area contributed by atoms with E-state index in [1.807, 2.05) is 0 Å². The number of ketones is 4. The lowest BCUT2D eigenvalue weighted by atomic mass is 9.82. The lowest BCUT2D eigenvalue weighted by molar-refractivity contribution is 0.0978. The van der Waals surface area contributed by atoms with Crippen LogP contribution in [0, 0.1) is 0 Å². The van der Waals surface area contributed by atoms with Crippen LogP contribution in [-0.2, 0) is 0 Å². The summed E-state index contributed by atoms with van der Waals surface area (Å²) >= 11 is 0. The van der Waals surface area contributed by atoms with Crippen molar-refractivity contribution in [3.8, 4) is 0 Å². The molecule has 0 saturated carbocycles. The number of hydrogen-bond donors (Lipinski definition) is 8. The molecule has 0 bridgehead atoms. The fourth-order valence-electron chi connectivity index (χ4n) is 5.59. The molecular formula is C36H36N4O8. The summed E-state index contributed by atoms with van der Waals surface area (Å²) in [5.74, 6) is -0.836. The van der Waals surface area contributed by atoms with Crippen LogP contribution in [0.4, 0.5) is 17.1 Å². The lowest BCUT2D eigenvalue weighted by Crippen LogP contribution is -2.28. The monoisotopic (exact) mass is 652 g/mol. The highest BCUT2D eigenvalue weighted by molar-refractivity contribution is 6.31. The van der Waals surface area contributed by atoms with Crippen LogP contribution in [0.3, 0.4) is 0 Å². The Morgan fingerprint density at radius 3 is 1.54 bits per heavy atom. The summed E-state index contributed by atoms with van der Waals surface area (Å²) in [5, 5.41) is 46.3. The molecule has 2 aliphatic carbocycles. The van der Waals surface area contributed by atoms with Crippen molar-refractivity contribution in [3.63, 3.8) is 0 Å². The van der Waals surface area contributed by atoms with E-state index in [2.05, 4.69) is 16.0 Å². The molecule has 0 heterocycles. The van der Waals surface area contributed by atoms with Gasteiger partial charge in [0.15, 0.2) is 23.1 Å². The Kier molecular flexibility index (Phi) is 10.7.